The van der Waals surface area contributed by atoms with E-state index in [0.717, 1.165) is 44.8 Å². The van der Waals surface area contributed by atoms with Crippen molar-refractivity contribution in [3.8, 4) is 5.88 Å². The van der Waals surface area contributed by atoms with E-state index in [4.69, 9.17) is 9.47 Å². The summed E-state index contributed by atoms with van der Waals surface area (Å²) in [5, 5.41) is 0. The number of nitrogens with zero attached hydrogens (tertiary/aromatic N) is 5. The summed E-state index contributed by atoms with van der Waals surface area (Å²) in [6.45, 7) is 8.76. The molecule has 0 bridgehead atoms. The van der Waals surface area contributed by atoms with E-state index in [-0.39, 0.29) is 5.60 Å². The van der Waals surface area contributed by atoms with E-state index in [0.29, 0.717) is 11.8 Å². The number of rotatable bonds is 4. The Morgan fingerprint density at radius 1 is 1.23 bits per heavy atom. The fraction of sp³-hybridized carbons (Fsp3) is 0.789. The molecule has 1 spiro atoms. The highest BCUT2D eigenvalue weighted by Gasteiger charge is 2.44. The molecule has 7 nitrogen and oxygen atoms in total. The number of hydrogen-bond donors (Lipinski definition) is 0. The first-order chi connectivity index (χ1) is 12.7. The molecule has 0 amide bonds. The van der Waals surface area contributed by atoms with Crippen LogP contribution in [-0.4, -0.2) is 91.9 Å². The Balaban J connectivity index is 1.36. The second-order valence-electron chi connectivity index (χ2n) is 8.11. The Morgan fingerprint density at radius 3 is 2.88 bits per heavy atom. The van der Waals surface area contributed by atoms with Gasteiger partial charge in [0.2, 0.25) is 5.88 Å². The molecular formula is C19H31N5O2. The van der Waals surface area contributed by atoms with Crippen LogP contribution in [0.5, 0.6) is 5.88 Å². The van der Waals surface area contributed by atoms with Crippen molar-refractivity contribution in [1.82, 2.24) is 19.8 Å². The van der Waals surface area contributed by atoms with E-state index in [9.17, 15) is 0 Å². The van der Waals surface area contributed by atoms with Crippen molar-refractivity contribution < 1.29 is 9.47 Å². The first kappa shape index (κ1) is 17.9. The minimum atomic E-state index is -0.00627. The van der Waals surface area contributed by atoms with Crippen LogP contribution in [0, 0.1) is 5.92 Å². The number of anilines is 1. The molecule has 0 saturated carbocycles. The smallest absolute Gasteiger partial charge is 0.218 e. The van der Waals surface area contributed by atoms with Crippen LogP contribution < -0.4 is 9.64 Å². The van der Waals surface area contributed by atoms with Crippen LogP contribution in [0.3, 0.4) is 0 Å². The third-order valence-corrected chi connectivity index (χ3v) is 6.10. The molecule has 4 rings (SSSR count). The predicted octanol–water partition coefficient (Wildman–Crippen LogP) is 1.11. The number of methoxy groups -OCH3 is 1. The van der Waals surface area contributed by atoms with Gasteiger partial charge in [0.15, 0.2) is 0 Å². The topological polar surface area (TPSA) is 54.0 Å². The summed E-state index contributed by atoms with van der Waals surface area (Å²) >= 11 is 0. The number of hydrogen-bond acceptors (Lipinski definition) is 7. The lowest BCUT2D eigenvalue weighted by molar-refractivity contribution is -0.00753. The van der Waals surface area contributed by atoms with E-state index >= 15 is 0 Å². The molecule has 3 saturated heterocycles. The van der Waals surface area contributed by atoms with Crippen molar-refractivity contribution in [3.63, 3.8) is 0 Å². The molecule has 3 fully saturated rings. The number of piperazine rings is 1. The Morgan fingerprint density at radius 2 is 2.08 bits per heavy atom. The number of aromatic nitrogens is 2. The predicted molar refractivity (Wildman–Crippen MR) is 101 cm³/mol. The number of likely N-dealkylation sites (N-methyl/N-ethyl adjacent to an activating group) is 1. The quantitative estimate of drug-likeness (QED) is 0.796. The van der Waals surface area contributed by atoms with Gasteiger partial charge in [0.1, 0.15) is 12.1 Å². The molecule has 0 N–H and O–H groups in total. The lowest BCUT2D eigenvalue weighted by Gasteiger charge is -2.40. The van der Waals surface area contributed by atoms with Gasteiger partial charge in [-0.25, -0.2) is 9.97 Å². The SMILES string of the molecule is COc1cc(N2CCC[C@]3(C[C@H](CN4CCN(C)CC4)CO3)C2)ncn1. The van der Waals surface area contributed by atoms with E-state index in [1.54, 1.807) is 13.4 Å². The van der Waals surface area contributed by atoms with Gasteiger partial charge >= 0.3 is 0 Å². The normalized spacial score (nSPS) is 30.8. The van der Waals surface area contributed by atoms with E-state index < -0.39 is 0 Å². The Hall–Kier alpha value is -1.44. The van der Waals surface area contributed by atoms with Crippen LogP contribution >= 0.6 is 0 Å². The van der Waals surface area contributed by atoms with Crippen LogP contribution in [-0.2, 0) is 4.74 Å². The second kappa shape index (κ2) is 7.66. The molecule has 2 atom stereocenters. The zero-order chi connectivity index (χ0) is 18.0. The van der Waals surface area contributed by atoms with Gasteiger partial charge in [0.25, 0.3) is 0 Å². The highest BCUT2D eigenvalue weighted by atomic mass is 16.5. The van der Waals surface area contributed by atoms with Crippen molar-refractivity contribution in [2.45, 2.75) is 24.9 Å². The standard InChI is InChI=1S/C19H31N5O2/c1-22-6-8-23(9-7-22)12-16-11-19(26-13-16)4-3-5-24(14-19)17-10-18(25-2)21-15-20-17/h10,15-16H,3-9,11-14H2,1-2H3/t16-,19+/m1/s1. The maximum Gasteiger partial charge on any atom is 0.218 e. The van der Waals surface area contributed by atoms with Crippen molar-refractivity contribution in [3.05, 3.63) is 12.4 Å². The minimum Gasteiger partial charge on any atom is -0.481 e. The van der Waals surface area contributed by atoms with Gasteiger partial charge in [0, 0.05) is 51.9 Å². The molecule has 1 aromatic rings. The molecular weight excluding hydrogens is 330 g/mol. The van der Waals surface area contributed by atoms with E-state index in [2.05, 4.69) is 31.7 Å². The highest BCUT2D eigenvalue weighted by molar-refractivity contribution is 5.42. The van der Waals surface area contributed by atoms with Crippen LogP contribution in [0.4, 0.5) is 5.82 Å². The molecule has 0 aromatic carbocycles. The third kappa shape index (κ3) is 3.94. The van der Waals surface area contributed by atoms with Gasteiger partial charge < -0.3 is 24.2 Å². The monoisotopic (exact) mass is 361 g/mol. The molecule has 0 radical (unpaired) electrons. The lowest BCUT2D eigenvalue weighted by Crippen LogP contribution is -2.49. The second-order valence-corrected chi connectivity index (χ2v) is 8.11. The van der Waals surface area contributed by atoms with Crippen LogP contribution in [0.15, 0.2) is 12.4 Å². The van der Waals surface area contributed by atoms with E-state index in [1.807, 2.05) is 6.07 Å². The molecule has 1 aromatic heterocycles. The minimum absolute atomic E-state index is 0.00627. The summed E-state index contributed by atoms with van der Waals surface area (Å²) in [6.07, 6.45) is 5.05. The average Bonchev–Trinajstić information content (AvgIpc) is 3.05. The number of piperidine rings is 1. The third-order valence-electron chi connectivity index (χ3n) is 6.10. The van der Waals surface area contributed by atoms with Crippen molar-refractivity contribution in [2.24, 2.45) is 5.92 Å². The lowest BCUT2D eigenvalue weighted by atomic mass is 9.86. The Kier molecular flexibility index (Phi) is 5.29. The molecule has 0 unspecified atom stereocenters. The molecule has 7 heteroatoms. The zero-order valence-electron chi connectivity index (χ0n) is 16.1. The van der Waals surface area contributed by atoms with Gasteiger partial charge in [-0.05, 0) is 32.2 Å². The van der Waals surface area contributed by atoms with Crippen LogP contribution in [0.1, 0.15) is 19.3 Å². The average molecular weight is 361 g/mol. The summed E-state index contributed by atoms with van der Waals surface area (Å²) in [5.41, 5.74) is -0.00627. The molecule has 3 aliphatic rings. The van der Waals surface area contributed by atoms with Crippen molar-refractivity contribution in [1.29, 1.82) is 0 Å². The summed E-state index contributed by atoms with van der Waals surface area (Å²) < 4.78 is 11.7. The highest BCUT2D eigenvalue weighted by Crippen LogP contribution is 2.39. The van der Waals surface area contributed by atoms with Gasteiger partial charge in [-0.2, -0.15) is 0 Å². The molecule has 144 valence electrons. The fourth-order valence-electron chi connectivity index (χ4n) is 4.64. The first-order valence-corrected chi connectivity index (χ1v) is 9.82. The van der Waals surface area contributed by atoms with E-state index in [1.165, 1.54) is 32.7 Å². The van der Waals surface area contributed by atoms with Crippen molar-refractivity contribution in [2.75, 3.05) is 71.5 Å². The number of ether oxygens (including phenoxy) is 2. The van der Waals surface area contributed by atoms with Gasteiger partial charge in [-0.15, -0.1) is 0 Å². The summed E-state index contributed by atoms with van der Waals surface area (Å²) in [5.74, 6) is 2.22. The van der Waals surface area contributed by atoms with Gasteiger partial charge in [-0.1, -0.05) is 0 Å². The van der Waals surface area contributed by atoms with Crippen LogP contribution in [0.25, 0.3) is 0 Å². The summed E-state index contributed by atoms with van der Waals surface area (Å²) in [6, 6.07) is 1.93. The Labute approximate surface area is 156 Å². The molecule has 0 aliphatic carbocycles. The van der Waals surface area contributed by atoms with Gasteiger partial charge in [0.05, 0.1) is 19.3 Å². The van der Waals surface area contributed by atoms with Crippen LogP contribution in [0.2, 0.25) is 0 Å². The summed E-state index contributed by atoms with van der Waals surface area (Å²) in [7, 11) is 3.86. The zero-order valence-corrected chi connectivity index (χ0v) is 16.1. The Bertz CT molecular complexity index is 607. The van der Waals surface area contributed by atoms with Gasteiger partial charge in [-0.3, -0.25) is 0 Å². The van der Waals surface area contributed by atoms with Crippen molar-refractivity contribution >= 4 is 5.82 Å². The largest absolute Gasteiger partial charge is 0.481 e. The summed E-state index contributed by atoms with van der Waals surface area (Å²) in [4.78, 5) is 15.9. The first-order valence-electron chi connectivity index (χ1n) is 9.82. The maximum atomic E-state index is 6.41. The molecule has 4 heterocycles. The fourth-order valence-corrected chi connectivity index (χ4v) is 4.64. The maximum absolute atomic E-state index is 6.41. The molecule has 26 heavy (non-hydrogen) atoms. The molecule has 3 aliphatic heterocycles.